The molecule has 35 heavy (non-hydrogen) atoms. The summed E-state index contributed by atoms with van der Waals surface area (Å²) in [6, 6.07) is 0.418. The first kappa shape index (κ1) is 24.8. The van der Waals surface area contributed by atoms with Crippen molar-refractivity contribution in [1.29, 1.82) is 0 Å². The zero-order chi connectivity index (χ0) is 25.9. The van der Waals surface area contributed by atoms with Crippen LogP contribution in [-0.2, 0) is 4.74 Å². The molecular weight excluding hydrogens is 474 g/mol. The molecule has 190 valence electrons. The quantitative estimate of drug-likeness (QED) is 0.605. The van der Waals surface area contributed by atoms with E-state index in [1.807, 2.05) is 0 Å². The molecule has 0 spiro atoms. The zero-order valence-corrected chi connectivity index (χ0v) is 19.3. The average molecular weight is 499 g/mol. The Balaban J connectivity index is 1.69. The Morgan fingerprint density at radius 3 is 2.49 bits per heavy atom. The minimum atomic E-state index is -3.38. The van der Waals surface area contributed by atoms with E-state index in [1.54, 1.807) is 20.8 Å². The van der Waals surface area contributed by atoms with Gasteiger partial charge in [-0.2, -0.15) is 0 Å². The molecule has 1 saturated heterocycles. The van der Waals surface area contributed by atoms with Crippen molar-refractivity contribution in [2.45, 2.75) is 51.2 Å². The van der Waals surface area contributed by atoms with Gasteiger partial charge in [0.2, 0.25) is 5.43 Å². The summed E-state index contributed by atoms with van der Waals surface area (Å²) in [4.78, 5) is 36.8. The molecule has 1 aromatic carbocycles. The molecule has 1 aliphatic carbocycles. The summed E-state index contributed by atoms with van der Waals surface area (Å²) in [5.74, 6) is -8.84. The van der Waals surface area contributed by atoms with Crippen LogP contribution in [0.25, 0.3) is 10.9 Å². The highest BCUT2D eigenvalue weighted by molar-refractivity contribution is 5.94. The molecule has 0 radical (unpaired) electrons. The Morgan fingerprint density at radius 2 is 1.91 bits per heavy atom. The van der Waals surface area contributed by atoms with Gasteiger partial charge in [-0.1, -0.05) is 0 Å². The van der Waals surface area contributed by atoms with Gasteiger partial charge in [0.1, 0.15) is 22.7 Å². The molecule has 2 fully saturated rings. The van der Waals surface area contributed by atoms with Gasteiger partial charge in [0.05, 0.1) is 23.4 Å². The number of anilines is 1. The largest absolute Gasteiger partial charge is 0.477 e. The number of carbonyl (C=O) groups is 2. The highest BCUT2D eigenvalue weighted by atomic mass is 19.3. The van der Waals surface area contributed by atoms with Gasteiger partial charge in [-0.15, -0.1) is 0 Å². The number of ether oxygens (including phenoxy) is 1. The number of hydrogen-bond donors (Lipinski definition) is 2. The minimum Gasteiger partial charge on any atom is -0.477 e. The Kier molecular flexibility index (Phi) is 5.97. The van der Waals surface area contributed by atoms with Gasteiger partial charge in [0.15, 0.2) is 5.82 Å². The number of alkyl halides is 2. The molecule has 2 aliphatic rings. The Bertz CT molecular complexity index is 1270. The number of carbonyl (C=O) groups excluding carboxylic acids is 1. The molecule has 4 rings (SSSR count). The van der Waals surface area contributed by atoms with Crippen LogP contribution in [0.2, 0.25) is 0 Å². The van der Waals surface area contributed by atoms with Crippen LogP contribution in [0.3, 0.4) is 0 Å². The predicted molar refractivity (Wildman–Crippen MR) is 118 cm³/mol. The second-order valence-corrected chi connectivity index (χ2v) is 9.95. The number of aromatic nitrogens is 1. The van der Waals surface area contributed by atoms with Gasteiger partial charge in [-0.05, 0) is 39.7 Å². The fourth-order valence-electron chi connectivity index (χ4n) is 4.27. The summed E-state index contributed by atoms with van der Waals surface area (Å²) in [6.07, 6.45) is 1.33. The normalized spacial score (nSPS) is 19.7. The molecule has 1 saturated carbocycles. The first-order valence-corrected chi connectivity index (χ1v) is 11.1. The number of aromatic carboxylic acids is 1. The maximum absolute atomic E-state index is 15.7. The Morgan fingerprint density at radius 1 is 1.26 bits per heavy atom. The SMILES string of the molecule is CC(C)(C)OC(=O)NCC1CN(c2c(F)cc3c(=O)c(C(=O)O)cn(C4CC4)c3c2F)CC1(F)F. The van der Waals surface area contributed by atoms with Gasteiger partial charge < -0.3 is 24.6 Å². The van der Waals surface area contributed by atoms with E-state index in [1.165, 1.54) is 4.57 Å². The molecule has 1 aliphatic heterocycles. The molecule has 1 amide bonds. The first-order valence-electron chi connectivity index (χ1n) is 11.1. The van der Waals surface area contributed by atoms with E-state index in [2.05, 4.69) is 5.32 Å². The van der Waals surface area contributed by atoms with E-state index in [-0.39, 0.29) is 11.6 Å². The number of nitrogens with zero attached hydrogens (tertiary/aromatic N) is 2. The number of halogens is 4. The van der Waals surface area contributed by atoms with Crippen molar-refractivity contribution >= 4 is 28.7 Å². The molecule has 1 unspecified atom stereocenters. The standard InChI is InChI=1S/C23H25F4N3O5/c1-22(2,3)35-21(34)28-7-11-8-29(10-23(11,26)27)18-15(24)6-13-17(16(18)25)30(12-4-5-12)9-14(19(13)31)20(32)33/h6,9,11-12H,4-5,7-8,10H2,1-3H3,(H,28,34)(H,32,33). The van der Waals surface area contributed by atoms with E-state index in [0.717, 1.165) is 11.1 Å². The number of nitrogens with one attached hydrogen (secondary N) is 1. The van der Waals surface area contributed by atoms with Gasteiger partial charge >= 0.3 is 12.1 Å². The summed E-state index contributed by atoms with van der Waals surface area (Å²) in [7, 11) is 0. The Hall–Kier alpha value is -3.31. The fourth-order valence-corrected chi connectivity index (χ4v) is 4.27. The van der Waals surface area contributed by atoms with Crippen molar-refractivity contribution in [3.63, 3.8) is 0 Å². The van der Waals surface area contributed by atoms with E-state index in [4.69, 9.17) is 4.74 Å². The van der Waals surface area contributed by atoms with Crippen LogP contribution >= 0.6 is 0 Å². The van der Waals surface area contributed by atoms with Gasteiger partial charge in [-0.25, -0.2) is 27.2 Å². The number of pyridine rings is 1. The second-order valence-electron chi connectivity index (χ2n) is 9.95. The summed E-state index contributed by atoms with van der Waals surface area (Å²) >= 11 is 0. The number of fused-ring (bicyclic) bond motifs is 1. The highest BCUT2D eigenvalue weighted by Gasteiger charge is 2.49. The average Bonchev–Trinajstić information content (AvgIpc) is 3.50. The van der Waals surface area contributed by atoms with E-state index < -0.39 is 82.8 Å². The van der Waals surface area contributed by atoms with Crippen molar-refractivity contribution in [3.05, 3.63) is 39.7 Å². The molecular formula is C23H25F4N3O5. The lowest BCUT2D eigenvalue weighted by Gasteiger charge is -2.22. The van der Waals surface area contributed by atoms with Crippen LogP contribution in [0.15, 0.2) is 17.1 Å². The van der Waals surface area contributed by atoms with Crippen LogP contribution in [0.1, 0.15) is 50.0 Å². The first-order chi connectivity index (χ1) is 16.2. The number of carboxylic acid groups (broad SMARTS) is 1. The number of amides is 1. The van der Waals surface area contributed by atoms with Crippen LogP contribution in [0.4, 0.5) is 28.0 Å². The Labute approximate surface area is 197 Å². The number of benzene rings is 1. The lowest BCUT2D eigenvalue weighted by atomic mass is 10.1. The maximum atomic E-state index is 15.7. The molecule has 2 heterocycles. The van der Waals surface area contributed by atoms with E-state index >= 15 is 8.78 Å². The summed E-state index contributed by atoms with van der Waals surface area (Å²) in [6.45, 7) is 2.89. The van der Waals surface area contributed by atoms with Crippen molar-refractivity contribution in [2.75, 3.05) is 24.5 Å². The van der Waals surface area contributed by atoms with E-state index in [9.17, 15) is 28.3 Å². The van der Waals surface area contributed by atoms with Crippen molar-refractivity contribution in [2.24, 2.45) is 5.92 Å². The third-order valence-corrected chi connectivity index (χ3v) is 6.00. The van der Waals surface area contributed by atoms with Crippen LogP contribution in [0, 0.1) is 17.6 Å². The zero-order valence-electron chi connectivity index (χ0n) is 19.3. The van der Waals surface area contributed by atoms with E-state index in [0.29, 0.717) is 18.9 Å². The molecule has 0 bridgehead atoms. The number of hydrogen-bond acceptors (Lipinski definition) is 5. The summed E-state index contributed by atoms with van der Waals surface area (Å²) in [5.41, 5.74) is -3.56. The monoisotopic (exact) mass is 499 g/mol. The molecule has 8 nitrogen and oxygen atoms in total. The smallest absolute Gasteiger partial charge is 0.407 e. The van der Waals surface area contributed by atoms with Crippen LogP contribution < -0.4 is 15.6 Å². The highest BCUT2D eigenvalue weighted by Crippen LogP contribution is 2.42. The maximum Gasteiger partial charge on any atom is 0.407 e. The number of rotatable bonds is 5. The van der Waals surface area contributed by atoms with Gasteiger partial charge in [-0.3, -0.25) is 4.79 Å². The molecule has 2 aromatic rings. The van der Waals surface area contributed by atoms with Gasteiger partial charge in [0.25, 0.3) is 5.92 Å². The fraction of sp³-hybridized carbons (Fsp3) is 0.522. The van der Waals surface area contributed by atoms with Crippen LogP contribution in [-0.4, -0.2) is 52.9 Å². The lowest BCUT2D eigenvalue weighted by molar-refractivity contribution is -0.0208. The third kappa shape index (κ3) is 4.78. The second kappa shape index (κ2) is 8.42. The number of carboxylic acids is 1. The number of alkyl carbamates (subject to hydrolysis) is 1. The minimum absolute atomic E-state index is 0.283. The molecule has 2 N–H and O–H groups in total. The predicted octanol–water partition coefficient (Wildman–Crippen LogP) is 3.91. The van der Waals surface area contributed by atoms with Crippen molar-refractivity contribution < 1.29 is 37.0 Å². The van der Waals surface area contributed by atoms with Crippen LogP contribution in [0.5, 0.6) is 0 Å². The topological polar surface area (TPSA) is 101 Å². The summed E-state index contributed by atoms with van der Waals surface area (Å²) < 4.78 is 66.5. The van der Waals surface area contributed by atoms with Crippen molar-refractivity contribution in [3.8, 4) is 0 Å². The molecule has 12 heteroatoms. The third-order valence-electron chi connectivity index (χ3n) is 6.00. The molecule has 1 aromatic heterocycles. The molecule has 1 atom stereocenters. The lowest BCUT2D eigenvalue weighted by Crippen LogP contribution is -2.40. The van der Waals surface area contributed by atoms with Crippen molar-refractivity contribution in [1.82, 2.24) is 9.88 Å². The van der Waals surface area contributed by atoms with Gasteiger partial charge in [0, 0.05) is 25.3 Å². The summed E-state index contributed by atoms with van der Waals surface area (Å²) in [5, 5.41) is 11.1.